The summed E-state index contributed by atoms with van der Waals surface area (Å²) in [4.78, 5) is 11.6. The molecule has 0 aromatic heterocycles. The first-order valence-corrected chi connectivity index (χ1v) is 5.44. The maximum absolute atomic E-state index is 11.6. The summed E-state index contributed by atoms with van der Waals surface area (Å²) in [6.07, 6.45) is 0. The van der Waals surface area contributed by atoms with Gasteiger partial charge in [0.25, 0.3) is 5.91 Å². The minimum Gasteiger partial charge on any atom is -0.375 e. The fraction of sp³-hybridized carbons (Fsp3) is 0.100. The van der Waals surface area contributed by atoms with Crippen LogP contribution in [0.15, 0.2) is 29.4 Å². The summed E-state index contributed by atoms with van der Waals surface area (Å²) in [5, 5.41) is 6.94. The monoisotopic (exact) mass is 270 g/mol. The van der Waals surface area contributed by atoms with Crippen molar-refractivity contribution in [3.63, 3.8) is 0 Å². The first-order chi connectivity index (χ1) is 7.99. The average molecular weight is 271 g/mol. The van der Waals surface area contributed by atoms with Crippen LogP contribution in [0.3, 0.4) is 0 Å². The molecule has 17 heavy (non-hydrogen) atoms. The van der Waals surface area contributed by atoms with Gasteiger partial charge in [0, 0.05) is 10.7 Å². The summed E-state index contributed by atoms with van der Waals surface area (Å²) < 4.78 is 0. The molecule has 0 saturated carbocycles. The zero-order valence-electron chi connectivity index (χ0n) is 9.03. The van der Waals surface area contributed by atoms with Gasteiger partial charge in [0.1, 0.15) is 5.71 Å². The molecule has 4 N–H and O–H groups in total. The second kappa shape index (κ2) is 6.17. The summed E-state index contributed by atoms with van der Waals surface area (Å²) in [7, 11) is 0. The van der Waals surface area contributed by atoms with Crippen LogP contribution in [0.5, 0.6) is 0 Å². The van der Waals surface area contributed by atoms with Gasteiger partial charge >= 0.3 is 0 Å². The lowest BCUT2D eigenvalue weighted by molar-refractivity contribution is -0.110. The van der Waals surface area contributed by atoms with Crippen molar-refractivity contribution in [1.82, 2.24) is 5.43 Å². The smallest absolute Gasteiger partial charge is 0.271 e. The Bertz CT molecular complexity index is 458. The van der Waals surface area contributed by atoms with Gasteiger partial charge in [-0.1, -0.05) is 11.6 Å². The number of benzene rings is 1. The van der Waals surface area contributed by atoms with Crippen LogP contribution in [0.1, 0.15) is 6.92 Å². The molecular weight excluding hydrogens is 260 g/mol. The lowest BCUT2D eigenvalue weighted by Gasteiger charge is -2.04. The highest BCUT2D eigenvalue weighted by atomic mass is 35.5. The largest absolute Gasteiger partial charge is 0.375 e. The summed E-state index contributed by atoms with van der Waals surface area (Å²) in [6, 6.07) is 6.73. The molecule has 0 spiro atoms. The topological polar surface area (TPSA) is 79.5 Å². The molecule has 0 aliphatic carbocycles. The average Bonchev–Trinajstić information content (AvgIpc) is 2.28. The molecule has 0 bridgehead atoms. The molecular formula is C10H11ClN4OS. The van der Waals surface area contributed by atoms with Crippen molar-refractivity contribution in [3.05, 3.63) is 29.3 Å². The van der Waals surface area contributed by atoms with Crippen LogP contribution in [0.4, 0.5) is 5.69 Å². The zero-order chi connectivity index (χ0) is 12.8. The third-order valence-corrected chi connectivity index (χ3v) is 2.11. The Morgan fingerprint density at radius 1 is 1.41 bits per heavy atom. The van der Waals surface area contributed by atoms with Crippen LogP contribution in [0.25, 0.3) is 0 Å². The third kappa shape index (κ3) is 4.80. The number of carbonyl (C=O) groups is 1. The highest BCUT2D eigenvalue weighted by molar-refractivity contribution is 7.80. The van der Waals surface area contributed by atoms with Crippen LogP contribution < -0.4 is 16.5 Å². The second-order valence-electron chi connectivity index (χ2n) is 3.13. The van der Waals surface area contributed by atoms with Crippen LogP contribution >= 0.6 is 23.8 Å². The molecule has 0 heterocycles. The van der Waals surface area contributed by atoms with Gasteiger partial charge < -0.3 is 11.1 Å². The Labute approximate surface area is 109 Å². The van der Waals surface area contributed by atoms with Crippen LogP contribution in [-0.2, 0) is 4.79 Å². The summed E-state index contributed by atoms with van der Waals surface area (Å²) in [6.45, 7) is 1.54. The summed E-state index contributed by atoms with van der Waals surface area (Å²) >= 11 is 10.3. The molecule has 0 aliphatic rings. The standard InChI is InChI=1S/C10H11ClN4OS/c1-6(14-15-10(12)17)9(16)13-8-4-2-7(11)3-5-8/h2-5H,1H3,(H,13,16)(H3,12,15,17)/b14-6+. The molecule has 1 aromatic rings. The quantitative estimate of drug-likeness (QED) is 0.442. The van der Waals surface area contributed by atoms with Crippen LogP contribution in [0, 0.1) is 0 Å². The van der Waals surface area contributed by atoms with E-state index < -0.39 is 0 Å². The first-order valence-electron chi connectivity index (χ1n) is 4.65. The van der Waals surface area contributed by atoms with Gasteiger partial charge in [0.15, 0.2) is 5.11 Å². The molecule has 0 saturated heterocycles. The normalized spacial score (nSPS) is 10.8. The number of nitrogens with two attached hydrogens (primary N) is 1. The van der Waals surface area contributed by atoms with Crippen molar-refractivity contribution >= 4 is 46.2 Å². The van der Waals surface area contributed by atoms with Crippen molar-refractivity contribution in [1.29, 1.82) is 0 Å². The van der Waals surface area contributed by atoms with E-state index in [1.165, 1.54) is 6.92 Å². The Kier molecular flexibility index (Phi) is 4.86. The number of halogens is 1. The van der Waals surface area contributed by atoms with E-state index in [-0.39, 0.29) is 16.7 Å². The molecule has 0 atom stereocenters. The third-order valence-electron chi connectivity index (χ3n) is 1.76. The van der Waals surface area contributed by atoms with E-state index in [0.29, 0.717) is 10.7 Å². The van der Waals surface area contributed by atoms with E-state index in [1.807, 2.05) is 0 Å². The summed E-state index contributed by atoms with van der Waals surface area (Å²) in [5.41, 5.74) is 8.36. The highest BCUT2D eigenvalue weighted by Crippen LogP contribution is 2.13. The van der Waals surface area contributed by atoms with E-state index in [4.69, 9.17) is 17.3 Å². The molecule has 7 heteroatoms. The minimum atomic E-state index is -0.351. The Morgan fingerprint density at radius 2 is 2.00 bits per heavy atom. The zero-order valence-corrected chi connectivity index (χ0v) is 10.6. The van der Waals surface area contributed by atoms with Crippen molar-refractivity contribution in [3.8, 4) is 0 Å². The number of anilines is 1. The Morgan fingerprint density at radius 3 is 2.53 bits per heavy atom. The number of amides is 1. The number of nitrogens with zero attached hydrogens (tertiary/aromatic N) is 1. The van der Waals surface area contributed by atoms with Gasteiger partial charge in [-0.2, -0.15) is 5.10 Å². The lowest BCUT2D eigenvalue weighted by Crippen LogP contribution is -2.28. The van der Waals surface area contributed by atoms with Gasteiger partial charge in [-0.25, -0.2) is 0 Å². The van der Waals surface area contributed by atoms with Gasteiger partial charge in [-0.05, 0) is 43.4 Å². The van der Waals surface area contributed by atoms with Crippen LogP contribution in [0.2, 0.25) is 5.02 Å². The van der Waals surface area contributed by atoms with E-state index in [9.17, 15) is 4.79 Å². The van der Waals surface area contributed by atoms with Crippen molar-refractivity contribution in [2.24, 2.45) is 10.8 Å². The Hall–Kier alpha value is -1.66. The van der Waals surface area contributed by atoms with Gasteiger partial charge in [-0.15, -0.1) is 0 Å². The summed E-state index contributed by atoms with van der Waals surface area (Å²) in [5.74, 6) is -0.351. The molecule has 90 valence electrons. The van der Waals surface area contributed by atoms with E-state index in [2.05, 4.69) is 28.1 Å². The number of hydrazone groups is 1. The maximum Gasteiger partial charge on any atom is 0.271 e. The fourth-order valence-electron chi connectivity index (χ4n) is 0.944. The van der Waals surface area contributed by atoms with E-state index in [1.54, 1.807) is 24.3 Å². The predicted octanol–water partition coefficient (Wildman–Crippen LogP) is 1.49. The van der Waals surface area contributed by atoms with Gasteiger partial charge in [-0.3, -0.25) is 10.2 Å². The highest BCUT2D eigenvalue weighted by Gasteiger charge is 2.06. The molecule has 1 rings (SSSR count). The second-order valence-corrected chi connectivity index (χ2v) is 4.01. The van der Waals surface area contributed by atoms with Gasteiger partial charge in [0.2, 0.25) is 0 Å². The fourth-order valence-corrected chi connectivity index (χ4v) is 1.12. The number of nitrogens with one attached hydrogen (secondary N) is 2. The van der Waals surface area contributed by atoms with Crippen molar-refractivity contribution in [2.75, 3.05) is 5.32 Å². The van der Waals surface area contributed by atoms with Crippen molar-refractivity contribution < 1.29 is 4.79 Å². The maximum atomic E-state index is 11.6. The van der Waals surface area contributed by atoms with Crippen molar-refractivity contribution in [2.45, 2.75) is 6.92 Å². The molecule has 0 radical (unpaired) electrons. The Balaban J connectivity index is 2.63. The SMILES string of the molecule is C/C(=N\NC(N)=S)C(=O)Nc1ccc(Cl)cc1. The van der Waals surface area contributed by atoms with E-state index >= 15 is 0 Å². The molecule has 1 amide bonds. The number of hydrogen-bond acceptors (Lipinski definition) is 3. The predicted molar refractivity (Wildman–Crippen MR) is 73.1 cm³/mol. The minimum absolute atomic E-state index is 0.00337. The molecule has 0 fully saturated rings. The molecule has 0 unspecified atom stereocenters. The first kappa shape index (κ1) is 13.4. The number of rotatable bonds is 3. The number of thiocarbonyl (C=S) groups is 1. The number of hydrogen-bond donors (Lipinski definition) is 3. The van der Waals surface area contributed by atoms with Gasteiger partial charge in [0.05, 0.1) is 0 Å². The molecule has 1 aromatic carbocycles. The molecule has 0 aliphatic heterocycles. The van der Waals surface area contributed by atoms with E-state index in [0.717, 1.165) is 0 Å². The van der Waals surface area contributed by atoms with Crippen LogP contribution in [-0.4, -0.2) is 16.7 Å². The molecule has 5 nitrogen and oxygen atoms in total. The number of carbonyl (C=O) groups excluding carboxylic acids is 1. The lowest BCUT2D eigenvalue weighted by atomic mass is 10.3.